The number of rotatable bonds is 4. The van der Waals surface area contributed by atoms with Crippen molar-refractivity contribution in [3.8, 4) is 0 Å². The van der Waals surface area contributed by atoms with Crippen LogP contribution < -0.4 is 10.6 Å². The van der Waals surface area contributed by atoms with Crippen LogP contribution in [0, 0.1) is 5.92 Å². The fourth-order valence-electron chi connectivity index (χ4n) is 2.72. The van der Waals surface area contributed by atoms with Crippen molar-refractivity contribution >= 4 is 35.0 Å². The highest BCUT2D eigenvalue weighted by Gasteiger charge is 2.23. The molecule has 1 saturated carbocycles. The lowest BCUT2D eigenvalue weighted by Crippen LogP contribution is -2.45. The van der Waals surface area contributed by atoms with Crippen molar-refractivity contribution in [1.29, 1.82) is 0 Å². The van der Waals surface area contributed by atoms with Crippen LogP contribution in [0.15, 0.2) is 18.2 Å². The number of hydrogen-bond donors (Lipinski definition) is 2. The monoisotopic (exact) mass is 342 g/mol. The Hall–Kier alpha value is -1.26. The Balaban J connectivity index is 1.84. The van der Waals surface area contributed by atoms with Crippen LogP contribution in [0.2, 0.25) is 10.0 Å². The van der Waals surface area contributed by atoms with Gasteiger partial charge in [0.15, 0.2) is 0 Å². The molecule has 2 rings (SSSR count). The van der Waals surface area contributed by atoms with Crippen LogP contribution in [-0.2, 0) is 4.79 Å². The molecule has 1 fully saturated rings. The zero-order chi connectivity index (χ0) is 16.1. The summed E-state index contributed by atoms with van der Waals surface area (Å²) in [6.45, 7) is 2.09. The van der Waals surface area contributed by atoms with Gasteiger partial charge in [-0.25, -0.2) is 0 Å². The second-order valence-electron chi connectivity index (χ2n) is 5.74. The van der Waals surface area contributed by atoms with Crippen LogP contribution in [0.25, 0.3) is 0 Å². The van der Waals surface area contributed by atoms with Crippen molar-refractivity contribution in [2.24, 2.45) is 5.92 Å². The minimum Gasteiger partial charge on any atom is -0.352 e. The topological polar surface area (TPSA) is 58.2 Å². The summed E-state index contributed by atoms with van der Waals surface area (Å²) in [6.07, 6.45) is 4.50. The Labute approximate surface area is 140 Å². The van der Waals surface area contributed by atoms with Gasteiger partial charge >= 0.3 is 0 Å². The number of benzene rings is 1. The van der Waals surface area contributed by atoms with Crippen LogP contribution in [0.1, 0.15) is 43.0 Å². The number of halogens is 2. The van der Waals surface area contributed by atoms with Gasteiger partial charge in [0.25, 0.3) is 5.91 Å². The molecule has 0 heterocycles. The molecule has 1 aromatic rings. The molecule has 0 spiro atoms. The molecular formula is C16H20Cl2N2O2. The van der Waals surface area contributed by atoms with Gasteiger partial charge in [-0.3, -0.25) is 9.59 Å². The Kier molecular flexibility index (Phi) is 6.09. The van der Waals surface area contributed by atoms with E-state index < -0.39 is 0 Å². The third-order valence-corrected chi connectivity index (χ3v) is 4.59. The van der Waals surface area contributed by atoms with Gasteiger partial charge in [0.05, 0.1) is 17.1 Å². The molecule has 0 bridgehead atoms. The lowest BCUT2D eigenvalue weighted by Gasteiger charge is -2.29. The van der Waals surface area contributed by atoms with E-state index in [2.05, 4.69) is 17.6 Å². The van der Waals surface area contributed by atoms with Crippen molar-refractivity contribution < 1.29 is 9.59 Å². The van der Waals surface area contributed by atoms with E-state index in [-0.39, 0.29) is 29.4 Å². The fraction of sp³-hybridized carbons (Fsp3) is 0.500. The molecule has 2 atom stereocenters. The van der Waals surface area contributed by atoms with Crippen molar-refractivity contribution in [1.82, 2.24) is 10.6 Å². The summed E-state index contributed by atoms with van der Waals surface area (Å²) >= 11 is 11.8. The molecule has 120 valence electrons. The molecule has 0 saturated heterocycles. The summed E-state index contributed by atoms with van der Waals surface area (Å²) in [5.41, 5.74) is 0.310. The first-order valence-corrected chi connectivity index (χ1v) is 8.25. The first-order valence-electron chi connectivity index (χ1n) is 7.50. The summed E-state index contributed by atoms with van der Waals surface area (Å²) in [5.74, 6) is -0.0650. The van der Waals surface area contributed by atoms with E-state index in [1.165, 1.54) is 12.5 Å². The molecule has 2 amide bonds. The van der Waals surface area contributed by atoms with E-state index in [0.29, 0.717) is 16.5 Å². The van der Waals surface area contributed by atoms with Crippen molar-refractivity contribution in [2.45, 2.75) is 38.6 Å². The SMILES string of the molecule is C[C@@H]1CCCC[C@H]1NC(=O)CNC(=O)c1ccc(Cl)cc1Cl. The van der Waals surface area contributed by atoms with E-state index >= 15 is 0 Å². The second kappa shape index (κ2) is 7.84. The van der Waals surface area contributed by atoms with Gasteiger partial charge in [-0.15, -0.1) is 0 Å². The van der Waals surface area contributed by atoms with E-state index in [9.17, 15) is 9.59 Å². The maximum Gasteiger partial charge on any atom is 0.253 e. The average Bonchev–Trinajstić information content (AvgIpc) is 2.47. The number of amides is 2. The van der Waals surface area contributed by atoms with Crippen LogP contribution >= 0.6 is 23.2 Å². The molecule has 1 aliphatic carbocycles. The van der Waals surface area contributed by atoms with Gasteiger partial charge in [-0.2, -0.15) is 0 Å². The van der Waals surface area contributed by atoms with Crippen molar-refractivity contribution in [2.75, 3.05) is 6.54 Å². The average molecular weight is 343 g/mol. The predicted molar refractivity (Wildman–Crippen MR) is 88.4 cm³/mol. The highest BCUT2D eigenvalue weighted by molar-refractivity contribution is 6.36. The molecule has 1 aromatic carbocycles. The Morgan fingerprint density at radius 1 is 1.23 bits per heavy atom. The smallest absolute Gasteiger partial charge is 0.253 e. The van der Waals surface area contributed by atoms with Crippen molar-refractivity contribution in [3.05, 3.63) is 33.8 Å². The molecule has 6 heteroatoms. The van der Waals surface area contributed by atoms with Gasteiger partial charge in [-0.05, 0) is 37.0 Å². The van der Waals surface area contributed by atoms with Gasteiger partial charge in [0.2, 0.25) is 5.91 Å². The van der Waals surface area contributed by atoms with Crippen LogP contribution in [0.3, 0.4) is 0 Å². The Bertz CT molecular complexity index is 563. The molecule has 2 N–H and O–H groups in total. The lowest BCUT2D eigenvalue weighted by molar-refractivity contribution is -0.121. The molecule has 0 aromatic heterocycles. The zero-order valence-corrected chi connectivity index (χ0v) is 14.0. The minimum atomic E-state index is -0.381. The highest BCUT2D eigenvalue weighted by Crippen LogP contribution is 2.23. The fourth-order valence-corrected chi connectivity index (χ4v) is 3.21. The lowest BCUT2D eigenvalue weighted by atomic mass is 9.86. The summed E-state index contributed by atoms with van der Waals surface area (Å²) in [7, 11) is 0. The first kappa shape index (κ1) is 17.1. The summed E-state index contributed by atoms with van der Waals surface area (Å²) in [6, 6.07) is 4.84. The Morgan fingerprint density at radius 3 is 2.64 bits per heavy atom. The van der Waals surface area contributed by atoms with Gasteiger partial charge in [0.1, 0.15) is 0 Å². The maximum absolute atomic E-state index is 12.0. The van der Waals surface area contributed by atoms with Gasteiger partial charge in [0, 0.05) is 11.1 Å². The number of hydrogen-bond acceptors (Lipinski definition) is 2. The minimum absolute atomic E-state index is 0.0546. The summed E-state index contributed by atoms with van der Waals surface area (Å²) in [5, 5.41) is 6.31. The number of carbonyl (C=O) groups excluding carboxylic acids is 2. The normalized spacial score (nSPS) is 21.2. The maximum atomic E-state index is 12.0. The van der Waals surface area contributed by atoms with Crippen LogP contribution in [0.4, 0.5) is 0 Å². The summed E-state index contributed by atoms with van der Waals surface area (Å²) in [4.78, 5) is 24.0. The largest absolute Gasteiger partial charge is 0.352 e. The molecule has 0 aliphatic heterocycles. The molecule has 4 nitrogen and oxygen atoms in total. The standard InChI is InChI=1S/C16H20Cl2N2O2/c1-10-4-2-3-5-14(10)20-15(21)9-19-16(22)12-7-6-11(17)8-13(12)18/h6-8,10,14H,2-5,9H2,1H3,(H,19,22)(H,20,21)/t10-,14-/m1/s1. The second-order valence-corrected chi connectivity index (χ2v) is 6.59. The van der Waals surface area contributed by atoms with E-state index in [1.54, 1.807) is 12.1 Å². The van der Waals surface area contributed by atoms with Crippen molar-refractivity contribution in [3.63, 3.8) is 0 Å². The molecule has 0 radical (unpaired) electrons. The van der Waals surface area contributed by atoms with Crippen LogP contribution in [-0.4, -0.2) is 24.4 Å². The van der Waals surface area contributed by atoms with E-state index in [1.807, 2.05) is 0 Å². The molecule has 1 aliphatic rings. The third-order valence-electron chi connectivity index (χ3n) is 4.04. The number of carbonyl (C=O) groups is 2. The first-order chi connectivity index (χ1) is 10.5. The van der Waals surface area contributed by atoms with E-state index in [4.69, 9.17) is 23.2 Å². The Morgan fingerprint density at radius 2 is 1.95 bits per heavy atom. The summed E-state index contributed by atoms with van der Waals surface area (Å²) < 4.78 is 0. The number of nitrogens with one attached hydrogen (secondary N) is 2. The van der Waals surface area contributed by atoms with Gasteiger partial charge in [-0.1, -0.05) is 43.0 Å². The van der Waals surface area contributed by atoms with Crippen LogP contribution in [0.5, 0.6) is 0 Å². The quantitative estimate of drug-likeness (QED) is 0.880. The van der Waals surface area contributed by atoms with E-state index in [0.717, 1.165) is 19.3 Å². The molecule has 0 unspecified atom stereocenters. The van der Waals surface area contributed by atoms with Gasteiger partial charge < -0.3 is 10.6 Å². The molecule has 22 heavy (non-hydrogen) atoms. The molecular weight excluding hydrogens is 323 g/mol. The third kappa shape index (κ3) is 4.62. The predicted octanol–water partition coefficient (Wildman–Crippen LogP) is 3.42. The highest BCUT2D eigenvalue weighted by atomic mass is 35.5. The zero-order valence-electron chi connectivity index (χ0n) is 12.5.